The molecule has 5 aromatic carbocycles. The molecule has 0 spiro atoms. The summed E-state index contributed by atoms with van der Waals surface area (Å²) in [6.07, 6.45) is 0. The van der Waals surface area contributed by atoms with E-state index in [0.29, 0.717) is 16.5 Å². The molecule has 0 radical (unpaired) electrons. The van der Waals surface area contributed by atoms with Crippen molar-refractivity contribution in [1.82, 2.24) is 0 Å². The van der Waals surface area contributed by atoms with Gasteiger partial charge in [-0.05, 0) is 57.9 Å². The molecule has 8 heteroatoms. The van der Waals surface area contributed by atoms with Crippen LogP contribution in [-0.2, 0) is 4.74 Å². The first-order valence-electron chi connectivity index (χ1n) is 12.0. The molecule has 5 aromatic rings. The first kappa shape index (κ1) is 26.0. The Morgan fingerprint density at radius 2 is 1.31 bits per heavy atom. The molecule has 0 saturated heterocycles. The number of amides is 1. The molecule has 0 aromatic heterocycles. The fourth-order valence-corrected chi connectivity index (χ4v) is 4.38. The molecule has 0 aliphatic heterocycles. The Labute approximate surface area is 229 Å². The number of carbonyl (C=O) groups excluding carboxylic acids is 2. The minimum Gasteiger partial charge on any atom is -0.496 e. The van der Waals surface area contributed by atoms with Crippen molar-refractivity contribution in [2.75, 3.05) is 26.3 Å². The third kappa shape index (κ3) is 5.65. The molecule has 5 rings (SSSR count). The largest absolute Gasteiger partial charge is 0.496 e. The van der Waals surface area contributed by atoms with E-state index in [9.17, 15) is 9.59 Å². The van der Waals surface area contributed by atoms with Crippen molar-refractivity contribution in [3.05, 3.63) is 107 Å². The van der Waals surface area contributed by atoms with Crippen molar-refractivity contribution in [3.8, 4) is 17.2 Å². The summed E-state index contributed by atoms with van der Waals surface area (Å²) in [6, 6.07) is 26.8. The predicted molar refractivity (Wildman–Crippen MR) is 151 cm³/mol. The number of hydrogen-bond acceptors (Lipinski definition) is 6. The maximum Gasteiger partial charge on any atom is 0.347 e. The molecular weight excluding hydrogens is 518 g/mol. The molecule has 0 heterocycles. The lowest BCUT2D eigenvalue weighted by atomic mass is 10.1. The summed E-state index contributed by atoms with van der Waals surface area (Å²) in [4.78, 5) is 26.7. The zero-order valence-corrected chi connectivity index (χ0v) is 22.0. The molecule has 196 valence electrons. The second kappa shape index (κ2) is 11.4. The number of halogens is 1. The van der Waals surface area contributed by atoms with Crippen LogP contribution in [0.4, 0.5) is 5.69 Å². The Hall–Kier alpha value is -4.59. The molecule has 0 unspecified atom stereocenters. The van der Waals surface area contributed by atoms with Gasteiger partial charge in [0, 0.05) is 18.2 Å². The van der Waals surface area contributed by atoms with Crippen LogP contribution in [0.15, 0.2) is 91.0 Å². The van der Waals surface area contributed by atoms with E-state index in [1.54, 1.807) is 36.4 Å². The van der Waals surface area contributed by atoms with Gasteiger partial charge in [-0.25, -0.2) is 4.79 Å². The van der Waals surface area contributed by atoms with Crippen LogP contribution in [-0.4, -0.2) is 32.9 Å². The lowest BCUT2D eigenvalue weighted by molar-refractivity contribution is 0.0504. The van der Waals surface area contributed by atoms with Crippen LogP contribution in [0.3, 0.4) is 0 Å². The van der Waals surface area contributed by atoms with E-state index in [0.717, 1.165) is 21.5 Å². The molecule has 7 nitrogen and oxygen atoms in total. The van der Waals surface area contributed by atoms with Crippen molar-refractivity contribution in [2.45, 2.75) is 0 Å². The van der Waals surface area contributed by atoms with Gasteiger partial charge in [-0.15, -0.1) is 0 Å². The maximum atomic E-state index is 13.5. The van der Waals surface area contributed by atoms with Gasteiger partial charge in [-0.3, -0.25) is 4.79 Å². The van der Waals surface area contributed by atoms with Gasteiger partial charge in [0.15, 0.2) is 12.5 Å². The average Bonchev–Trinajstić information content (AvgIpc) is 2.96. The second-order valence-electron chi connectivity index (χ2n) is 8.63. The van der Waals surface area contributed by atoms with Crippen LogP contribution >= 0.6 is 11.6 Å². The fourth-order valence-electron chi connectivity index (χ4n) is 4.21. The lowest BCUT2D eigenvalue weighted by Gasteiger charge is -2.16. The van der Waals surface area contributed by atoms with E-state index in [4.69, 9.17) is 30.5 Å². The summed E-state index contributed by atoms with van der Waals surface area (Å²) in [6.45, 7) is -0.0317. The summed E-state index contributed by atoms with van der Waals surface area (Å²) in [5.41, 5.74) is 0.774. The van der Waals surface area contributed by atoms with Crippen LogP contribution in [0.25, 0.3) is 21.5 Å². The van der Waals surface area contributed by atoms with E-state index in [1.807, 2.05) is 48.5 Å². The molecule has 1 amide bonds. The Morgan fingerprint density at radius 3 is 1.92 bits per heavy atom. The number of benzene rings is 5. The highest BCUT2D eigenvalue weighted by Crippen LogP contribution is 2.33. The number of hydrogen-bond donors (Lipinski definition) is 1. The number of esters is 1. The molecular formula is C31H24ClNO6. The molecule has 0 bridgehead atoms. The number of nitrogens with one attached hydrogen (secondary N) is 1. The van der Waals surface area contributed by atoms with Crippen molar-refractivity contribution < 1.29 is 28.5 Å². The molecule has 0 aliphatic rings. The smallest absolute Gasteiger partial charge is 0.347 e. The molecule has 1 N–H and O–H groups in total. The molecule has 0 saturated carbocycles. The van der Waals surface area contributed by atoms with Crippen molar-refractivity contribution in [3.63, 3.8) is 0 Å². The van der Waals surface area contributed by atoms with Gasteiger partial charge in [0.25, 0.3) is 5.91 Å². The Morgan fingerprint density at radius 1 is 0.718 bits per heavy atom. The van der Waals surface area contributed by atoms with E-state index in [-0.39, 0.29) is 29.4 Å². The number of ether oxygens (including phenoxy) is 4. The quantitative estimate of drug-likeness (QED) is 0.128. The van der Waals surface area contributed by atoms with Crippen LogP contribution in [0.1, 0.15) is 20.7 Å². The number of fused-ring (bicyclic) bond motifs is 2. The highest BCUT2D eigenvalue weighted by Gasteiger charge is 2.21. The fraction of sp³-hybridized carbons (Fsp3) is 0.0968. The van der Waals surface area contributed by atoms with Gasteiger partial charge in [-0.2, -0.15) is 0 Å². The zero-order chi connectivity index (χ0) is 27.4. The van der Waals surface area contributed by atoms with Gasteiger partial charge in [-0.1, -0.05) is 60.1 Å². The summed E-state index contributed by atoms with van der Waals surface area (Å²) in [5, 5.41) is 6.69. The van der Waals surface area contributed by atoms with Crippen LogP contribution < -0.4 is 19.5 Å². The minimum absolute atomic E-state index is 0.0317. The summed E-state index contributed by atoms with van der Waals surface area (Å²) in [7, 11) is 2.98. The maximum absolute atomic E-state index is 13.5. The lowest BCUT2D eigenvalue weighted by Crippen LogP contribution is -2.17. The first-order chi connectivity index (χ1) is 19.0. The Kier molecular flexibility index (Phi) is 7.63. The topological polar surface area (TPSA) is 83.1 Å². The van der Waals surface area contributed by atoms with Gasteiger partial charge in [0.2, 0.25) is 0 Å². The predicted octanol–water partition coefficient (Wildman–Crippen LogP) is 7.11. The van der Waals surface area contributed by atoms with Gasteiger partial charge in [0.05, 0.1) is 18.4 Å². The Bertz CT molecular complexity index is 1700. The van der Waals surface area contributed by atoms with Crippen LogP contribution in [0.2, 0.25) is 5.02 Å². The molecule has 0 aliphatic carbocycles. The molecule has 39 heavy (non-hydrogen) atoms. The van der Waals surface area contributed by atoms with Crippen molar-refractivity contribution in [1.29, 1.82) is 0 Å². The van der Waals surface area contributed by atoms with Gasteiger partial charge >= 0.3 is 5.97 Å². The third-order valence-corrected chi connectivity index (χ3v) is 6.34. The van der Waals surface area contributed by atoms with Gasteiger partial charge < -0.3 is 24.3 Å². The van der Waals surface area contributed by atoms with Gasteiger partial charge in [0.1, 0.15) is 17.1 Å². The van der Waals surface area contributed by atoms with E-state index < -0.39 is 11.9 Å². The SMILES string of the molecule is COCOc1cc2ccccc2cc1C(=O)Nc1ccc(Cl)cc1OC(=O)c1cc2ccccc2cc1OC. The third-order valence-electron chi connectivity index (χ3n) is 6.11. The van der Waals surface area contributed by atoms with E-state index in [2.05, 4.69) is 5.32 Å². The van der Waals surface area contributed by atoms with Crippen LogP contribution in [0, 0.1) is 0 Å². The number of carbonyl (C=O) groups is 2. The Balaban J connectivity index is 1.47. The highest BCUT2D eigenvalue weighted by atomic mass is 35.5. The van der Waals surface area contributed by atoms with Crippen molar-refractivity contribution in [2.24, 2.45) is 0 Å². The van der Waals surface area contributed by atoms with Crippen LogP contribution in [0.5, 0.6) is 17.2 Å². The number of anilines is 1. The minimum atomic E-state index is -0.662. The average molecular weight is 542 g/mol. The number of methoxy groups -OCH3 is 2. The highest BCUT2D eigenvalue weighted by molar-refractivity contribution is 6.31. The number of rotatable bonds is 8. The standard InChI is InChI=1S/C31H24ClNO6/c1-36-18-38-28-16-22-10-6-3-7-19(22)13-24(28)30(34)33-26-12-11-23(32)17-29(26)39-31(35)25-14-20-8-4-5-9-21(20)15-27(25)37-2/h3-17H,18H2,1-2H3,(H,33,34). The summed E-state index contributed by atoms with van der Waals surface area (Å²) in [5.74, 6) is -0.333. The first-order valence-corrected chi connectivity index (χ1v) is 12.4. The zero-order valence-electron chi connectivity index (χ0n) is 21.2. The molecule has 0 fully saturated rings. The molecule has 0 atom stereocenters. The van der Waals surface area contributed by atoms with E-state index >= 15 is 0 Å². The summed E-state index contributed by atoms with van der Waals surface area (Å²) < 4.78 is 21.9. The normalized spacial score (nSPS) is 10.8. The van der Waals surface area contributed by atoms with E-state index in [1.165, 1.54) is 20.3 Å². The second-order valence-corrected chi connectivity index (χ2v) is 9.07. The van der Waals surface area contributed by atoms with Crippen molar-refractivity contribution >= 4 is 50.7 Å². The summed E-state index contributed by atoms with van der Waals surface area (Å²) >= 11 is 6.22. The monoisotopic (exact) mass is 541 g/mol.